The number of aryl methyl sites for hydroxylation is 1. The molecule has 21 heavy (non-hydrogen) atoms. The van der Waals surface area contributed by atoms with Crippen LogP contribution in [-0.4, -0.2) is 31.1 Å². The van der Waals surface area contributed by atoms with Crippen LogP contribution in [-0.2, 0) is 0 Å². The molecule has 1 N–H and O–H groups in total. The second-order valence-corrected chi connectivity index (χ2v) is 6.56. The van der Waals surface area contributed by atoms with Crippen molar-refractivity contribution in [2.75, 3.05) is 26.2 Å². The van der Waals surface area contributed by atoms with Crippen molar-refractivity contribution in [1.82, 2.24) is 10.2 Å². The minimum atomic E-state index is -0.0955. The molecule has 0 bridgehead atoms. The Morgan fingerprint density at radius 3 is 2.19 bits per heavy atom. The molecule has 1 saturated heterocycles. The van der Waals surface area contributed by atoms with E-state index in [0.717, 1.165) is 37.3 Å². The summed E-state index contributed by atoms with van der Waals surface area (Å²) in [6.45, 7) is 12.6. The van der Waals surface area contributed by atoms with E-state index in [9.17, 15) is 4.39 Å². The van der Waals surface area contributed by atoms with E-state index >= 15 is 0 Å². The summed E-state index contributed by atoms with van der Waals surface area (Å²) < 4.78 is 13.9. The van der Waals surface area contributed by atoms with Crippen molar-refractivity contribution in [3.63, 3.8) is 0 Å². The smallest absolute Gasteiger partial charge is 0.126 e. The van der Waals surface area contributed by atoms with Crippen LogP contribution in [0.1, 0.15) is 37.9 Å². The van der Waals surface area contributed by atoms with Crippen LogP contribution < -0.4 is 5.32 Å². The van der Waals surface area contributed by atoms with Gasteiger partial charge in [0.1, 0.15) is 5.82 Å². The monoisotopic (exact) mass is 336 g/mol. The van der Waals surface area contributed by atoms with Crippen LogP contribution in [0, 0.1) is 18.2 Å². The van der Waals surface area contributed by atoms with E-state index in [1.165, 1.54) is 0 Å². The Labute approximate surface area is 140 Å². The van der Waals surface area contributed by atoms with Gasteiger partial charge in [0, 0.05) is 32.2 Å². The molecule has 0 saturated carbocycles. The number of nitrogens with one attached hydrogen (secondary N) is 1. The van der Waals surface area contributed by atoms with Crippen LogP contribution in [0.25, 0.3) is 0 Å². The zero-order chi connectivity index (χ0) is 14.0. The molecule has 1 heterocycles. The number of halogens is 3. The summed E-state index contributed by atoms with van der Waals surface area (Å²) >= 11 is 0. The number of piperazine rings is 1. The average molecular weight is 337 g/mol. The fourth-order valence-electron chi connectivity index (χ4n) is 2.98. The van der Waals surface area contributed by atoms with Crippen molar-refractivity contribution in [2.45, 2.75) is 33.7 Å². The van der Waals surface area contributed by atoms with Gasteiger partial charge in [-0.05, 0) is 29.5 Å². The predicted molar refractivity (Wildman–Crippen MR) is 92.3 cm³/mol. The van der Waals surface area contributed by atoms with Gasteiger partial charge in [0.25, 0.3) is 0 Å². The Balaban J connectivity index is 0.00000200. The van der Waals surface area contributed by atoms with E-state index in [-0.39, 0.29) is 42.1 Å². The lowest BCUT2D eigenvalue weighted by Gasteiger charge is -2.42. The molecule has 5 heteroatoms. The van der Waals surface area contributed by atoms with Gasteiger partial charge in [0.15, 0.2) is 0 Å². The highest BCUT2D eigenvalue weighted by Gasteiger charge is 2.32. The number of benzene rings is 1. The molecule has 2 rings (SSSR count). The van der Waals surface area contributed by atoms with Gasteiger partial charge >= 0.3 is 0 Å². The average Bonchev–Trinajstić information content (AvgIpc) is 2.34. The summed E-state index contributed by atoms with van der Waals surface area (Å²) in [5.41, 5.74) is 1.91. The van der Waals surface area contributed by atoms with Crippen LogP contribution in [0.2, 0.25) is 0 Å². The van der Waals surface area contributed by atoms with Crippen molar-refractivity contribution in [3.05, 3.63) is 35.1 Å². The number of hydrogen-bond acceptors (Lipinski definition) is 2. The second kappa shape index (κ2) is 8.33. The van der Waals surface area contributed by atoms with Crippen molar-refractivity contribution in [2.24, 2.45) is 5.41 Å². The molecular formula is C16H27Cl2FN2. The van der Waals surface area contributed by atoms with Crippen molar-refractivity contribution in [1.29, 1.82) is 0 Å². The van der Waals surface area contributed by atoms with Gasteiger partial charge < -0.3 is 5.32 Å². The van der Waals surface area contributed by atoms with E-state index in [1.807, 2.05) is 13.0 Å². The highest BCUT2D eigenvalue weighted by molar-refractivity contribution is 5.85. The number of nitrogens with zero attached hydrogens (tertiary/aromatic N) is 1. The lowest BCUT2D eigenvalue weighted by atomic mass is 9.80. The van der Waals surface area contributed by atoms with Gasteiger partial charge in [-0.15, -0.1) is 24.8 Å². The van der Waals surface area contributed by atoms with Gasteiger partial charge in [-0.2, -0.15) is 0 Å². The van der Waals surface area contributed by atoms with Crippen LogP contribution >= 0.6 is 24.8 Å². The molecule has 1 fully saturated rings. The minimum absolute atomic E-state index is 0. The first kappa shape index (κ1) is 20.6. The molecule has 1 aromatic rings. The van der Waals surface area contributed by atoms with Gasteiger partial charge in [-0.1, -0.05) is 32.9 Å². The lowest BCUT2D eigenvalue weighted by Crippen LogP contribution is -2.48. The Morgan fingerprint density at radius 1 is 1.14 bits per heavy atom. The molecule has 2 nitrogen and oxygen atoms in total. The van der Waals surface area contributed by atoms with E-state index in [0.29, 0.717) is 0 Å². The van der Waals surface area contributed by atoms with Crippen LogP contribution in [0.15, 0.2) is 18.2 Å². The predicted octanol–water partition coefficient (Wildman–Crippen LogP) is 3.97. The van der Waals surface area contributed by atoms with Crippen LogP contribution in [0.5, 0.6) is 0 Å². The molecule has 0 spiro atoms. The zero-order valence-electron chi connectivity index (χ0n) is 13.3. The maximum atomic E-state index is 13.9. The Hall–Kier alpha value is -0.350. The topological polar surface area (TPSA) is 15.3 Å². The van der Waals surface area contributed by atoms with E-state index < -0.39 is 0 Å². The quantitative estimate of drug-likeness (QED) is 0.878. The molecule has 0 radical (unpaired) electrons. The first-order valence-corrected chi connectivity index (χ1v) is 7.10. The van der Waals surface area contributed by atoms with E-state index in [4.69, 9.17) is 0 Å². The van der Waals surface area contributed by atoms with Gasteiger partial charge in [-0.3, -0.25) is 4.90 Å². The summed E-state index contributed by atoms with van der Waals surface area (Å²) in [5, 5.41) is 3.38. The summed E-state index contributed by atoms with van der Waals surface area (Å²) in [6.07, 6.45) is 0. The molecule has 1 aromatic carbocycles. The normalized spacial score (nSPS) is 17.6. The third kappa shape index (κ3) is 5.10. The standard InChI is InChI=1S/C16H25FN2.2ClH/c1-12-5-6-13(11-14(12)17)15(16(2,3)4)19-9-7-18-8-10-19;;/h5-6,11,15,18H,7-10H2,1-4H3;2*1H/t15-;;/m0../s1. The lowest BCUT2D eigenvalue weighted by molar-refractivity contribution is 0.0860. The Bertz CT molecular complexity index is 440. The fourth-order valence-corrected chi connectivity index (χ4v) is 2.98. The van der Waals surface area contributed by atoms with Gasteiger partial charge in [0.05, 0.1) is 0 Å². The van der Waals surface area contributed by atoms with E-state index in [1.54, 1.807) is 6.07 Å². The number of hydrogen-bond donors (Lipinski definition) is 1. The molecule has 1 atom stereocenters. The molecule has 122 valence electrons. The van der Waals surface area contributed by atoms with Crippen molar-refractivity contribution in [3.8, 4) is 0 Å². The highest BCUT2D eigenvalue weighted by atomic mass is 35.5. The molecular weight excluding hydrogens is 310 g/mol. The first-order valence-electron chi connectivity index (χ1n) is 7.10. The van der Waals surface area contributed by atoms with Crippen molar-refractivity contribution < 1.29 is 4.39 Å². The molecule has 0 unspecified atom stereocenters. The largest absolute Gasteiger partial charge is 0.314 e. The Morgan fingerprint density at radius 2 is 1.71 bits per heavy atom. The molecule has 0 amide bonds. The molecule has 1 aliphatic rings. The summed E-state index contributed by atoms with van der Waals surface area (Å²) in [4.78, 5) is 2.47. The highest BCUT2D eigenvalue weighted by Crippen LogP contribution is 2.38. The summed E-state index contributed by atoms with van der Waals surface area (Å²) in [7, 11) is 0. The minimum Gasteiger partial charge on any atom is -0.314 e. The summed E-state index contributed by atoms with van der Waals surface area (Å²) in [6, 6.07) is 5.96. The van der Waals surface area contributed by atoms with E-state index in [2.05, 4.69) is 37.1 Å². The first-order chi connectivity index (χ1) is 8.89. The second-order valence-electron chi connectivity index (χ2n) is 6.56. The molecule has 1 aliphatic heterocycles. The van der Waals surface area contributed by atoms with Gasteiger partial charge in [0.2, 0.25) is 0 Å². The number of rotatable bonds is 2. The van der Waals surface area contributed by atoms with Crippen LogP contribution in [0.3, 0.4) is 0 Å². The molecule has 0 aliphatic carbocycles. The SMILES string of the molecule is Cc1ccc([C@H](N2CCNCC2)C(C)(C)C)cc1F.Cl.Cl. The van der Waals surface area contributed by atoms with Crippen molar-refractivity contribution >= 4 is 24.8 Å². The fraction of sp³-hybridized carbons (Fsp3) is 0.625. The third-order valence-corrected chi connectivity index (χ3v) is 3.85. The zero-order valence-corrected chi connectivity index (χ0v) is 14.9. The maximum Gasteiger partial charge on any atom is 0.126 e. The van der Waals surface area contributed by atoms with Gasteiger partial charge in [-0.25, -0.2) is 4.39 Å². The summed E-state index contributed by atoms with van der Waals surface area (Å²) in [5.74, 6) is -0.0955. The van der Waals surface area contributed by atoms with Crippen LogP contribution in [0.4, 0.5) is 4.39 Å². The molecule has 0 aromatic heterocycles. The third-order valence-electron chi connectivity index (χ3n) is 3.85. The maximum absolute atomic E-state index is 13.9. The Kier molecular flexibility index (Phi) is 8.19.